The number of benzene rings is 1. The van der Waals surface area contributed by atoms with Crippen LogP contribution in [-0.2, 0) is 27.3 Å². The van der Waals surface area contributed by atoms with Crippen LogP contribution in [0.4, 0.5) is 15.4 Å². The van der Waals surface area contributed by atoms with E-state index in [-0.39, 0.29) is 43.7 Å². The van der Waals surface area contributed by atoms with Gasteiger partial charge in [-0.25, -0.2) is 19.6 Å². The van der Waals surface area contributed by atoms with E-state index in [4.69, 9.17) is 5.73 Å². The number of carbonyl (C=O) groups excluding carboxylic acids is 3. The molecule has 0 bridgehead atoms. The number of piperazine rings is 1. The molecule has 34 heavy (non-hydrogen) atoms. The molecule has 1 saturated heterocycles. The number of fused-ring (bicyclic) bond motifs is 1. The summed E-state index contributed by atoms with van der Waals surface area (Å²) >= 11 is 0. The normalized spacial score (nSPS) is 16.5. The van der Waals surface area contributed by atoms with Gasteiger partial charge in [0.2, 0.25) is 0 Å². The quantitative estimate of drug-likeness (QED) is 0.520. The van der Waals surface area contributed by atoms with Gasteiger partial charge in [-0.3, -0.25) is 10.1 Å². The van der Waals surface area contributed by atoms with Gasteiger partial charge in [0, 0.05) is 44.6 Å². The third-order valence-corrected chi connectivity index (χ3v) is 6.93. The Bertz CT molecular complexity index is 1190. The summed E-state index contributed by atoms with van der Waals surface area (Å²) in [4.78, 5) is 45.8. The Morgan fingerprint density at radius 1 is 1.00 bits per heavy atom. The highest BCUT2D eigenvalue weighted by Gasteiger charge is 2.32. The van der Waals surface area contributed by atoms with E-state index in [0.717, 1.165) is 4.31 Å². The van der Waals surface area contributed by atoms with Crippen LogP contribution in [0.15, 0.2) is 36.7 Å². The summed E-state index contributed by atoms with van der Waals surface area (Å²) < 4.78 is 28.9. The lowest BCUT2D eigenvalue weighted by atomic mass is 10.1. The smallest absolute Gasteiger partial charge is 0.347 e. The first kappa shape index (κ1) is 23.4. The van der Waals surface area contributed by atoms with E-state index in [0.29, 0.717) is 12.8 Å². The number of primary amides is 1. The number of nitrogens with one attached hydrogen (secondary N) is 2. The van der Waals surface area contributed by atoms with Crippen LogP contribution in [0, 0.1) is 0 Å². The van der Waals surface area contributed by atoms with Gasteiger partial charge >= 0.3 is 22.4 Å². The second-order valence-electron chi connectivity index (χ2n) is 7.78. The Balaban J connectivity index is 1.36. The van der Waals surface area contributed by atoms with Crippen LogP contribution in [0.1, 0.15) is 21.6 Å². The zero-order chi connectivity index (χ0) is 24.3. The largest absolute Gasteiger partial charge is 0.421 e. The molecule has 4 amide bonds. The lowest BCUT2D eigenvalue weighted by molar-refractivity contribution is 0.0934. The Hall–Kier alpha value is -3.78. The molecule has 2 aliphatic rings. The number of urea groups is 1. The molecule has 13 nitrogen and oxygen atoms in total. The number of hydrogen-bond donors (Lipinski definition) is 3. The van der Waals surface area contributed by atoms with Gasteiger partial charge < -0.3 is 20.1 Å². The van der Waals surface area contributed by atoms with Crippen molar-refractivity contribution in [3.05, 3.63) is 53.5 Å². The molecule has 0 spiro atoms. The van der Waals surface area contributed by atoms with Gasteiger partial charge in [0.25, 0.3) is 5.91 Å². The molecule has 4 rings (SSSR count). The SMILES string of the molecule is NC(=O)OS(=O)(=O)N1CCN(C(=O)Nc2nccnc2C(=O)NC2Cc3ccccc3C2)CC1. The number of nitrogens with zero attached hydrogens (tertiary/aromatic N) is 4. The van der Waals surface area contributed by atoms with Crippen molar-refractivity contribution >= 4 is 34.2 Å². The number of carbonyl (C=O) groups is 3. The predicted molar refractivity (Wildman–Crippen MR) is 119 cm³/mol. The monoisotopic (exact) mass is 489 g/mol. The average Bonchev–Trinajstić information content (AvgIpc) is 3.21. The average molecular weight is 490 g/mol. The van der Waals surface area contributed by atoms with Crippen molar-refractivity contribution in [2.45, 2.75) is 18.9 Å². The summed E-state index contributed by atoms with van der Waals surface area (Å²) in [5, 5.41) is 5.51. The fourth-order valence-corrected chi connectivity index (χ4v) is 4.89. The first-order valence-electron chi connectivity index (χ1n) is 10.5. The summed E-state index contributed by atoms with van der Waals surface area (Å²) in [6.45, 7) is -0.150. The Morgan fingerprint density at radius 2 is 1.62 bits per heavy atom. The van der Waals surface area contributed by atoms with Crippen molar-refractivity contribution in [3.8, 4) is 0 Å². The van der Waals surface area contributed by atoms with Crippen molar-refractivity contribution in [1.29, 1.82) is 0 Å². The van der Waals surface area contributed by atoms with Crippen LogP contribution >= 0.6 is 0 Å². The molecular weight excluding hydrogens is 466 g/mol. The molecule has 0 atom stereocenters. The predicted octanol–water partition coefficient (Wildman–Crippen LogP) is -0.137. The van der Waals surface area contributed by atoms with Gasteiger partial charge in [-0.2, -0.15) is 12.7 Å². The van der Waals surface area contributed by atoms with Gasteiger partial charge in [0.1, 0.15) is 0 Å². The van der Waals surface area contributed by atoms with Crippen LogP contribution in [-0.4, -0.2) is 77.8 Å². The summed E-state index contributed by atoms with van der Waals surface area (Å²) in [5.41, 5.74) is 7.11. The summed E-state index contributed by atoms with van der Waals surface area (Å²) in [7, 11) is -4.31. The zero-order valence-corrected chi connectivity index (χ0v) is 18.8. The molecular formula is C20H23N7O6S. The second kappa shape index (κ2) is 9.61. The van der Waals surface area contributed by atoms with E-state index in [2.05, 4.69) is 24.8 Å². The lowest BCUT2D eigenvalue weighted by Crippen LogP contribution is -2.52. The molecule has 4 N–H and O–H groups in total. The van der Waals surface area contributed by atoms with Crippen LogP contribution in [0.25, 0.3) is 0 Å². The first-order chi connectivity index (χ1) is 16.2. The highest BCUT2D eigenvalue weighted by atomic mass is 32.2. The summed E-state index contributed by atoms with van der Waals surface area (Å²) in [5.74, 6) is -0.464. The molecule has 0 radical (unpaired) electrons. The van der Waals surface area contributed by atoms with Crippen molar-refractivity contribution in [2.75, 3.05) is 31.5 Å². The highest BCUT2D eigenvalue weighted by Crippen LogP contribution is 2.22. The maximum absolute atomic E-state index is 12.9. The fourth-order valence-electron chi connectivity index (χ4n) is 3.96. The molecule has 2 aromatic rings. The van der Waals surface area contributed by atoms with E-state index in [1.807, 2.05) is 24.3 Å². The van der Waals surface area contributed by atoms with Crippen LogP contribution in [0.2, 0.25) is 0 Å². The van der Waals surface area contributed by atoms with Crippen LogP contribution < -0.4 is 16.4 Å². The molecule has 14 heteroatoms. The molecule has 1 aromatic carbocycles. The van der Waals surface area contributed by atoms with Crippen molar-refractivity contribution < 1.29 is 27.0 Å². The minimum atomic E-state index is -4.31. The van der Waals surface area contributed by atoms with E-state index >= 15 is 0 Å². The number of rotatable bonds is 5. The number of amides is 4. The molecule has 2 heterocycles. The fraction of sp³-hybridized carbons (Fsp3) is 0.350. The summed E-state index contributed by atoms with van der Waals surface area (Å²) in [6, 6.07) is 7.31. The van der Waals surface area contributed by atoms with Crippen molar-refractivity contribution in [1.82, 2.24) is 24.5 Å². The molecule has 0 unspecified atom stereocenters. The molecule has 1 aliphatic heterocycles. The third-order valence-electron chi connectivity index (χ3n) is 5.55. The summed E-state index contributed by atoms with van der Waals surface area (Å²) in [6.07, 6.45) is 2.68. The minimum Gasteiger partial charge on any atom is -0.347 e. The Morgan fingerprint density at radius 3 is 2.24 bits per heavy atom. The number of anilines is 1. The zero-order valence-electron chi connectivity index (χ0n) is 18.0. The topological polar surface area (TPSA) is 177 Å². The van der Waals surface area contributed by atoms with Gasteiger partial charge in [-0.15, -0.1) is 0 Å². The van der Waals surface area contributed by atoms with E-state index in [9.17, 15) is 22.8 Å². The van der Waals surface area contributed by atoms with E-state index in [1.54, 1.807) is 0 Å². The number of hydrogen-bond acceptors (Lipinski definition) is 8. The van der Waals surface area contributed by atoms with Crippen LogP contribution in [0.3, 0.4) is 0 Å². The van der Waals surface area contributed by atoms with Crippen molar-refractivity contribution in [3.63, 3.8) is 0 Å². The van der Waals surface area contributed by atoms with Crippen LogP contribution in [0.5, 0.6) is 0 Å². The van der Waals surface area contributed by atoms with Gasteiger partial charge in [0.05, 0.1) is 0 Å². The standard InChI is InChI=1S/C20H23N7O6S/c21-19(29)33-34(31,32)27-9-7-26(8-10-27)20(30)25-17-16(22-5-6-23-17)18(28)24-15-11-13-3-1-2-4-14(13)12-15/h1-6,15H,7-12H2,(H2,21,29)(H,24,28)(H,23,25,30). The Labute approximate surface area is 195 Å². The van der Waals surface area contributed by atoms with Gasteiger partial charge in [-0.1, -0.05) is 24.3 Å². The third kappa shape index (κ3) is 5.23. The first-order valence-corrected chi connectivity index (χ1v) is 11.8. The molecule has 1 aromatic heterocycles. The van der Waals surface area contributed by atoms with Gasteiger partial charge in [0.15, 0.2) is 11.5 Å². The molecule has 1 fully saturated rings. The Kier molecular flexibility index (Phi) is 6.61. The maximum atomic E-state index is 12.9. The molecule has 1 aliphatic carbocycles. The number of nitrogens with two attached hydrogens (primary N) is 1. The maximum Gasteiger partial charge on any atom is 0.421 e. The highest BCUT2D eigenvalue weighted by molar-refractivity contribution is 7.84. The minimum absolute atomic E-state index is 0.00683. The van der Waals surface area contributed by atoms with Gasteiger partial charge in [-0.05, 0) is 24.0 Å². The van der Waals surface area contributed by atoms with E-state index < -0.39 is 28.3 Å². The molecule has 0 saturated carbocycles. The second-order valence-corrected chi connectivity index (χ2v) is 9.32. The lowest BCUT2D eigenvalue weighted by Gasteiger charge is -2.32. The van der Waals surface area contributed by atoms with Crippen molar-refractivity contribution in [2.24, 2.45) is 5.73 Å². The number of aromatic nitrogens is 2. The van der Waals surface area contributed by atoms with E-state index in [1.165, 1.54) is 28.4 Å². The molecule has 180 valence electrons.